The summed E-state index contributed by atoms with van der Waals surface area (Å²) < 4.78 is 0. The number of amides is 1. The summed E-state index contributed by atoms with van der Waals surface area (Å²) in [5.74, 6) is -0.517. The number of nitrogens with zero attached hydrogens (tertiary/aromatic N) is 3. The standard InChI is InChI=1S/C19H13N5O3S/c20-9-14(10-22-15-6-4-12(5-7-15)18(21)25)19-23-17(11-28-19)13-2-1-3-16(8-13)24(26)27/h1-8,10-11,22H,(H2,21,25). The number of nitriles is 1. The van der Waals surface area contributed by atoms with Crippen LogP contribution in [-0.4, -0.2) is 15.8 Å². The number of primary amides is 1. The van der Waals surface area contributed by atoms with Crippen LogP contribution in [0.1, 0.15) is 15.4 Å². The molecule has 3 N–H and O–H groups in total. The molecule has 1 amide bonds. The van der Waals surface area contributed by atoms with Crippen LogP contribution in [0.5, 0.6) is 0 Å². The van der Waals surface area contributed by atoms with Crippen LogP contribution in [0.25, 0.3) is 16.8 Å². The van der Waals surface area contributed by atoms with Crippen LogP contribution in [0.15, 0.2) is 60.1 Å². The van der Waals surface area contributed by atoms with Gasteiger partial charge in [0.1, 0.15) is 16.6 Å². The summed E-state index contributed by atoms with van der Waals surface area (Å²) in [5.41, 5.74) is 7.70. The number of non-ortho nitro benzene ring substituents is 1. The highest BCUT2D eigenvalue weighted by molar-refractivity contribution is 7.11. The Morgan fingerprint density at radius 2 is 2.04 bits per heavy atom. The molecule has 138 valence electrons. The Balaban J connectivity index is 1.81. The first-order valence-corrected chi connectivity index (χ1v) is 8.83. The summed E-state index contributed by atoms with van der Waals surface area (Å²) in [6.07, 6.45) is 1.51. The van der Waals surface area contributed by atoms with E-state index in [1.807, 2.05) is 0 Å². The first-order valence-electron chi connectivity index (χ1n) is 7.95. The first kappa shape index (κ1) is 18.8. The Kier molecular flexibility index (Phi) is 5.43. The highest BCUT2D eigenvalue weighted by Gasteiger charge is 2.12. The Labute approximate surface area is 163 Å². The summed E-state index contributed by atoms with van der Waals surface area (Å²) in [5, 5.41) is 25.5. The van der Waals surface area contributed by atoms with Gasteiger partial charge in [-0.05, 0) is 24.3 Å². The molecule has 2 aromatic carbocycles. The molecule has 0 radical (unpaired) electrons. The van der Waals surface area contributed by atoms with Crippen LogP contribution in [-0.2, 0) is 0 Å². The molecular formula is C19H13N5O3S. The number of anilines is 1. The number of carbonyl (C=O) groups is 1. The van der Waals surface area contributed by atoms with Gasteiger partial charge in [-0.3, -0.25) is 14.9 Å². The van der Waals surface area contributed by atoms with E-state index in [0.29, 0.717) is 33.1 Å². The summed E-state index contributed by atoms with van der Waals surface area (Å²) in [4.78, 5) is 26.0. The normalized spacial score (nSPS) is 10.9. The van der Waals surface area contributed by atoms with Gasteiger partial charge in [-0.1, -0.05) is 12.1 Å². The fourth-order valence-corrected chi connectivity index (χ4v) is 3.13. The van der Waals surface area contributed by atoms with Gasteiger partial charge >= 0.3 is 0 Å². The van der Waals surface area contributed by atoms with Crippen molar-refractivity contribution in [2.75, 3.05) is 5.32 Å². The van der Waals surface area contributed by atoms with Crippen molar-refractivity contribution >= 4 is 34.2 Å². The van der Waals surface area contributed by atoms with Crippen LogP contribution in [0, 0.1) is 21.4 Å². The highest BCUT2D eigenvalue weighted by Crippen LogP contribution is 2.28. The number of allylic oxidation sites excluding steroid dienone is 1. The number of thiazole rings is 1. The smallest absolute Gasteiger partial charge is 0.270 e. The van der Waals surface area contributed by atoms with Crippen LogP contribution >= 0.6 is 11.3 Å². The Hall–Kier alpha value is -4.03. The van der Waals surface area contributed by atoms with Gasteiger partial charge in [-0.2, -0.15) is 5.26 Å². The van der Waals surface area contributed by atoms with Crippen LogP contribution in [0.3, 0.4) is 0 Å². The van der Waals surface area contributed by atoms with Gasteiger partial charge in [0.05, 0.1) is 10.6 Å². The fraction of sp³-hybridized carbons (Fsp3) is 0. The van der Waals surface area contributed by atoms with Gasteiger partial charge in [0.25, 0.3) is 5.69 Å². The van der Waals surface area contributed by atoms with Crippen LogP contribution in [0.4, 0.5) is 11.4 Å². The number of nitrogens with two attached hydrogens (primary N) is 1. The lowest BCUT2D eigenvalue weighted by molar-refractivity contribution is -0.384. The number of nitro benzene ring substituents is 1. The molecule has 0 fully saturated rings. The molecule has 0 bridgehead atoms. The second-order valence-corrected chi connectivity index (χ2v) is 6.46. The molecule has 8 nitrogen and oxygen atoms in total. The number of hydrogen-bond donors (Lipinski definition) is 2. The highest BCUT2D eigenvalue weighted by atomic mass is 32.1. The quantitative estimate of drug-likeness (QED) is 0.373. The molecule has 0 saturated heterocycles. The van der Waals surface area contributed by atoms with Crippen molar-refractivity contribution in [1.82, 2.24) is 4.98 Å². The third kappa shape index (κ3) is 4.20. The van der Waals surface area contributed by atoms with Gasteiger partial charge in [-0.15, -0.1) is 11.3 Å². The number of carbonyl (C=O) groups excluding carboxylic acids is 1. The maximum absolute atomic E-state index is 11.1. The van der Waals surface area contributed by atoms with E-state index < -0.39 is 10.8 Å². The van der Waals surface area contributed by atoms with Crippen molar-refractivity contribution in [2.45, 2.75) is 0 Å². The van der Waals surface area contributed by atoms with Gasteiger partial charge in [0, 0.05) is 40.5 Å². The molecule has 0 aliphatic carbocycles. The van der Waals surface area contributed by atoms with Crippen LogP contribution < -0.4 is 11.1 Å². The molecule has 0 aliphatic heterocycles. The Bertz CT molecular complexity index is 1110. The summed E-state index contributed by atoms with van der Waals surface area (Å²) >= 11 is 1.26. The van der Waals surface area contributed by atoms with Gasteiger partial charge in [0.15, 0.2) is 0 Å². The molecule has 3 aromatic rings. The molecule has 28 heavy (non-hydrogen) atoms. The molecule has 0 atom stereocenters. The first-order chi connectivity index (χ1) is 13.5. The predicted octanol–water partition coefficient (Wildman–Crippen LogP) is 3.79. The van der Waals surface area contributed by atoms with E-state index in [0.717, 1.165) is 0 Å². The topological polar surface area (TPSA) is 135 Å². The minimum atomic E-state index is -0.517. The lowest BCUT2D eigenvalue weighted by atomic mass is 10.1. The average molecular weight is 391 g/mol. The Morgan fingerprint density at radius 3 is 2.68 bits per heavy atom. The third-order valence-electron chi connectivity index (χ3n) is 3.76. The molecule has 0 spiro atoms. The molecular weight excluding hydrogens is 378 g/mol. The Morgan fingerprint density at radius 1 is 1.29 bits per heavy atom. The summed E-state index contributed by atoms with van der Waals surface area (Å²) in [6.45, 7) is 0. The van der Waals surface area contributed by atoms with E-state index in [9.17, 15) is 20.2 Å². The second kappa shape index (κ2) is 8.11. The number of nitrogens with one attached hydrogen (secondary N) is 1. The van der Waals surface area contributed by atoms with Crippen molar-refractivity contribution in [3.8, 4) is 17.3 Å². The van der Waals surface area contributed by atoms with Crippen molar-refractivity contribution in [1.29, 1.82) is 5.26 Å². The molecule has 0 aliphatic rings. The zero-order valence-corrected chi connectivity index (χ0v) is 15.1. The van der Waals surface area contributed by atoms with E-state index in [4.69, 9.17) is 5.73 Å². The second-order valence-electron chi connectivity index (χ2n) is 5.60. The maximum Gasteiger partial charge on any atom is 0.270 e. The molecule has 1 heterocycles. The predicted molar refractivity (Wildman–Crippen MR) is 106 cm³/mol. The summed E-state index contributed by atoms with van der Waals surface area (Å²) in [6, 6.07) is 14.7. The van der Waals surface area contributed by atoms with E-state index >= 15 is 0 Å². The third-order valence-corrected chi connectivity index (χ3v) is 4.64. The molecule has 1 aromatic heterocycles. The number of hydrogen-bond acceptors (Lipinski definition) is 7. The van der Waals surface area contributed by atoms with Crippen molar-refractivity contribution in [3.05, 3.63) is 80.8 Å². The zero-order chi connectivity index (χ0) is 20.1. The van der Waals surface area contributed by atoms with Crippen molar-refractivity contribution in [2.24, 2.45) is 5.73 Å². The van der Waals surface area contributed by atoms with Gasteiger partial charge in [0.2, 0.25) is 5.91 Å². The minimum absolute atomic E-state index is 0.0239. The summed E-state index contributed by atoms with van der Waals surface area (Å²) in [7, 11) is 0. The lowest BCUT2D eigenvalue weighted by Crippen LogP contribution is -2.10. The van der Waals surface area contributed by atoms with Crippen molar-refractivity contribution in [3.63, 3.8) is 0 Å². The minimum Gasteiger partial charge on any atom is -0.366 e. The molecule has 9 heteroatoms. The monoisotopic (exact) mass is 391 g/mol. The number of rotatable bonds is 6. The van der Waals surface area contributed by atoms with Gasteiger partial charge in [-0.25, -0.2) is 4.98 Å². The van der Waals surface area contributed by atoms with Crippen LogP contribution in [0.2, 0.25) is 0 Å². The number of nitro groups is 1. The molecule has 0 unspecified atom stereocenters. The number of aromatic nitrogens is 1. The average Bonchev–Trinajstić information content (AvgIpc) is 3.19. The lowest BCUT2D eigenvalue weighted by Gasteiger charge is -2.02. The molecule has 3 rings (SSSR count). The fourth-order valence-electron chi connectivity index (χ4n) is 2.34. The maximum atomic E-state index is 11.1. The van der Waals surface area contributed by atoms with E-state index in [-0.39, 0.29) is 5.69 Å². The van der Waals surface area contributed by atoms with Gasteiger partial charge < -0.3 is 11.1 Å². The molecule has 0 saturated carbocycles. The van der Waals surface area contributed by atoms with E-state index in [2.05, 4.69) is 16.4 Å². The van der Waals surface area contributed by atoms with Crippen molar-refractivity contribution < 1.29 is 9.72 Å². The largest absolute Gasteiger partial charge is 0.366 e. The number of benzene rings is 2. The SMILES string of the molecule is N#CC(=CNc1ccc(C(N)=O)cc1)c1nc(-c2cccc([N+](=O)[O-])c2)cs1. The zero-order valence-electron chi connectivity index (χ0n) is 14.3. The van der Waals surface area contributed by atoms with E-state index in [1.165, 1.54) is 29.7 Å². The van der Waals surface area contributed by atoms with E-state index in [1.54, 1.807) is 41.8 Å².